The minimum absolute atomic E-state index is 0.0794. The molecule has 8 heteroatoms. The van der Waals surface area contributed by atoms with Gasteiger partial charge in [-0.1, -0.05) is 42.5 Å². The van der Waals surface area contributed by atoms with Crippen LogP contribution in [0.2, 0.25) is 0 Å². The molecule has 0 saturated heterocycles. The van der Waals surface area contributed by atoms with Gasteiger partial charge in [0.25, 0.3) is 11.8 Å². The van der Waals surface area contributed by atoms with Gasteiger partial charge in [0.1, 0.15) is 5.70 Å². The maximum absolute atomic E-state index is 13.1. The Balaban J connectivity index is 1.50. The van der Waals surface area contributed by atoms with Crippen LogP contribution in [-0.2, 0) is 4.79 Å². The standard InChI is InChI=1S/C31H32N4O4/c1-4-35(5-2)26-16-13-23(14-17-26)19-27(32-30(36)25-9-7-6-8-10-25)31(37)34-33-22(3)11-12-24-15-18-28-29(20-24)39-21-38-28/h6-20H,4-5,21H2,1-3H3,(H,32,36)(H,34,37)/b12-11+,27-19+,33-22-. The molecule has 0 atom stereocenters. The van der Waals surface area contributed by atoms with Crippen molar-refractivity contribution in [1.29, 1.82) is 0 Å². The number of benzene rings is 3. The van der Waals surface area contributed by atoms with Crippen LogP contribution < -0.4 is 25.1 Å². The molecule has 0 spiro atoms. The van der Waals surface area contributed by atoms with E-state index in [0.29, 0.717) is 22.8 Å². The number of anilines is 1. The van der Waals surface area contributed by atoms with Crippen molar-refractivity contribution >= 4 is 35.4 Å². The van der Waals surface area contributed by atoms with Crippen molar-refractivity contribution in [1.82, 2.24) is 10.7 Å². The van der Waals surface area contributed by atoms with Gasteiger partial charge in [-0.3, -0.25) is 9.59 Å². The van der Waals surface area contributed by atoms with Crippen molar-refractivity contribution in [2.45, 2.75) is 20.8 Å². The summed E-state index contributed by atoms with van der Waals surface area (Å²) in [4.78, 5) is 28.2. The number of rotatable bonds is 10. The highest BCUT2D eigenvalue weighted by Gasteiger charge is 2.15. The molecule has 8 nitrogen and oxygen atoms in total. The van der Waals surface area contributed by atoms with Gasteiger partial charge in [-0.2, -0.15) is 5.10 Å². The first-order valence-corrected chi connectivity index (χ1v) is 12.8. The fraction of sp³-hybridized carbons (Fsp3) is 0.194. The molecule has 3 aromatic carbocycles. The topological polar surface area (TPSA) is 92.3 Å². The molecule has 1 aliphatic heterocycles. The van der Waals surface area contributed by atoms with Gasteiger partial charge >= 0.3 is 0 Å². The largest absolute Gasteiger partial charge is 0.454 e. The normalized spacial score (nSPS) is 12.9. The summed E-state index contributed by atoms with van der Waals surface area (Å²) in [6, 6.07) is 22.2. The van der Waals surface area contributed by atoms with Crippen molar-refractivity contribution in [3.63, 3.8) is 0 Å². The highest BCUT2D eigenvalue weighted by Crippen LogP contribution is 2.32. The van der Waals surface area contributed by atoms with E-state index in [2.05, 4.69) is 34.6 Å². The van der Waals surface area contributed by atoms with Gasteiger partial charge in [0.2, 0.25) is 6.79 Å². The number of hydrazone groups is 1. The maximum Gasteiger partial charge on any atom is 0.287 e. The number of hydrogen-bond donors (Lipinski definition) is 2. The summed E-state index contributed by atoms with van der Waals surface area (Å²) in [5.41, 5.74) is 6.40. The van der Waals surface area contributed by atoms with E-state index in [4.69, 9.17) is 9.47 Å². The third-order valence-electron chi connectivity index (χ3n) is 6.11. The summed E-state index contributed by atoms with van der Waals surface area (Å²) in [6.07, 6.45) is 5.27. The van der Waals surface area contributed by atoms with E-state index >= 15 is 0 Å². The van der Waals surface area contributed by atoms with E-state index in [-0.39, 0.29) is 18.4 Å². The third-order valence-corrected chi connectivity index (χ3v) is 6.11. The van der Waals surface area contributed by atoms with E-state index in [1.807, 2.05) is 54.6 Å². The highest BCUT2D eigenvalue weighted by atomic mass is 16.7. The average molecular weight is 525 g/mol. The van der Waals surface area contributed by atoms with Crippen molar-refractivity contribution in [2.75, 3.05) is 24.8 Å². The van der Waals surface area contributed by atoms with E-state index in [0.717, 1.165) is 29.9 Å². The molecule has 2 amide bonds. The second-order valence-corrected chi connectivity index (χ2v) is 8.78. The Kier molecular flexibility index (Phi) is 9.13. The van der Waals surface area contributed by atoms with E-state index in [9.17, 15) is 9.59 Å². The molecule has 0 bridgehead atoms. The number of hydrogen-bond acceptors (Lipinski definition) is 6. The van der Waals surface area contributed by atoms with E-state index in [1.54, 1.807) is 43.3 Å². The lowest BCUT2D eigenvalue weighted by molar-refractivity contribution is -0.117. The molecule has 1 heterocycles. The molecular formula is C31H32N4O4. The maximum atomic E-state index is 13.1. The Morgan fingerprint density at radius 1 is 0.923 bits per heavy atom. The van der Waals surface area contributed by atoms with Crippen LogP contribution in [0.5, 0.6) is 11.5 Å². The van der Waals surface area contributed by atoms with E-state index in [1.165, 1.54) is 0 Å². The zero-order chi connectivity index (χ0) is 27.6. The number of amides is 2. The Labute approximate surface area is 228 Å². The second kappa shape index (κ2) is 13.1. The van der Waals surface area contributed by atoms with Crippen LogP contribution in [0, 0.1) is 0 Å². The van der Waals surface area contributed by atoms with Crippen LogP contribution in [-0.4, -0.2) is 37.4 Å². The first-order chi connectivity index (χ1) is 19.0. The minimum Gasteiger partial charge on any atom is -0.454 e. The SMILES string of the molecule is CCN(CC)c1ccc(/C=C(/NC(=O)c2ccccc2)C(=O)N/N=C(C)\C=C\c2ccc3c(c2)OCO3)cc1. The molecule has 0 aromatic heterocycles. The Morgan fingerprint density at radius 2 is 1.62 bits per heavy atom. The molecular weight excluding hydrogens is 492 g/mol. The van der Waals surface area contributed by atoms with Gasteiger partial charge < -0.3 is 19.7 Å². The smallest absolute Gasteiger partial charge is 0.287 e. The third kappa shape index (κ3) is 7.35. The minimum atomic E-state index is -0.539. The van der Waals surface area contributed by atoms with Crippen molar-refractivity contribution in [3.05, 3.63) is 101 Å². The molecule has 0 aliphatic carbocycles. The lowest BCUT2D eigenvalue weighted by Gasteiger charge is -2.21. The molecule has 0 fully saturated rings. The molecule has 0 saturated carbocycles. The molecule has 2 N–H and O–H groups in total. The highest BCUT2D eigenvalue weighted by molar-refractivity contribution is 6.06. The van der Waals surface area contributed by atoms with Gasteiger partial charge in [0, 0.05) is 24.3 Å². The van der Waals surface area contributed by atoms with Gasteiger partial charge in [0.05, 0.1) is 5.71 Å². The number of carbonyl (C=O) groups is 2. The summed E-state index contributed by atoms with van der Waals surface area (Å²) < 4.78 is 10.7. The molecule has 0 radical (unpaired) electrons. The van der Waals surface area contributed by atoms with Gasteiger partial charge in [-0.25, -0.2) is 5.43 Å². The number of allylic oxidation sites excluding steroid dienone is 1. The zero-order valence-corrected chi connectivity index (χ0v) is 22.3. The quantitative estimate of drug-likeness (QED) is 0.215. The molecule has 4 rings (SSSR count). The number of carbonyl (C=O) groups excluding carboxylic acids is 2. The lowest BCUT2D eigenvalue weighted by Crippen LogP contribution is -2.33. The lowest BCUT2D eigenvalue weighted by atomic mass is 10.1. The summed E-state index contributed by atoms with van der Waals surface area (Å²) in [7, 11) is 0. The number of ether oxygens (including phenoxy) is 2. The Morgan fingerprint density at radius 3 is 2.33 bits per heavy atom. The van der Waals surface area contributed by atoms with Crippen LogP contribution in [0.1, 0.15) is 42.3 Å². The average Bonchev–Trinajstić information content (AvgIpc) is 3.44. The number of nitrogens with zero attached hydrogens (tertiary/aromatic N) is 2. The molecule has 3 aromatic rings. The first kappa shape index (κ1) is 27.2. The van der Waals surface area contributed by atoms with Crippen molar-refractivity contribution < 1.29 is 19.1 Å². The molecule has 200 valence electrons. The summed E-state index contributed by atoms with van der Waals surface area (Å²) in [6.45, 7) is 7.98. The van der Waals surface area contributed by atoms with Crippen LogP contribution in [0.15, 0.2) is 89.7 Å². The summed E-state index contributed by atoms with van der Waals surface area (Å²) >= 11 is 0. The Bertz CT molecular complexity index is 1390. The van der Waals surface area contributed by atoms with E-state index < -0.39 is 5.91 Å². The van der Waals surface area contributed by atoms with Gasteiger partial charge in [-0.15, -0.1) is 0 Å². The number of fused-ring (bicyclic) bond motifs is 1. The zero-order valence-electron chi connectivity index (χ0n) is 22.3. The molecule has 1 aliphatic rings. The van der Waals surface area contributed by atoms with Gasteiger partial charge in [0.15, 0.2) is 11.5 Å². The molecule has 0 unspecified atom stereocenters. The predicted octanol–water partition coefficient (Wildman–Crippen LogP) is 5.24. The summed E-state index contributed by atoms with van der Waals surface area (Å²) in [5, 5.41) is 6.92. The summed E-state index contributed by atoms with van der Waals surface area (Å²) in [5.74, 6) is 0.474. The van der Waals surface area contributed by atoms with Crippen LogP contribution in [0.3, 0.4) is 0 Å². The number of nitrogens with one attached hydrogen (secondary N) is 2. The first-order valence-electron chi connectivity index (χ1n) is 12.8. The molecule has 39 heavy (non-hydrogen) atoms. The predicted molar refractivity (Wildman–Crippen MR) is 155 cm³/mol. The van der Waals surface area contributed by atoms with Gasteiger partial charge in [-0.05, 0) is 80.4 Å². The van der Waals surface area contributed by atoms with Crippen molar-refractivity contribution in [2.24, 2.45) is 5.10 Å². The van der Waals surface area contributed by atoms with Crippen molar-refractivity contribution in [3.8, 4) is 11.5 Å². The second-order valence-electron chi connectivity index (χ2n) is 8.78. The monoisotopic (exact) mass is 524 g/mol. The fourth-order valence-electron chi connectivity index (χ4n) is 3.95. The van der Waals surface area contributed by atoms with Crippen LogP contribution >= 0.6 is 0 Å². The van der Waals surface area contributed by atoms with Crippen LogP contribution in [0.4, 0.5) is 5.69 Å². The van der Waals surface area contributed by atoms with Crippen LogP contribution in [0.25, 0.3) is 12.2 Å². The Hall–Kier alpha value is -4.85. The fourth-order valence-corrected chi connectivity index (χ4v) is 3.95.